The van der Waals surface area contributed by atoms with E-state index in [1.54, 1.807) is 0 Å². The lowest BCUT2D eigenvalue weighted by Gasteiger charge is -2.16. The lowest BCUT2D eigenvalue weighted by atomic mass is 10.1. The Balaban J connectivity index is 1.49. The Kier molecular flexibility index (Phi) is 5.89. The average Bonchev–Trinajstić information content (AvgIpc) is 3.13. The molecule has 1 fully saturated rings. The van der Waals surface area contributed by atoms with Gasteiger partial charge in [-0.3, -0.25) is 0 Å². The van der Waals surface area contributed by atoms with E-state index in [-0.39, 0.29) is 6.10 Å². The molecule has 0 radical (unpaired) electrons. The van der Waals surface area contributed by atoms with Gasteiger partial charge in [-0.2, -0.15) is 0 Å². The fourth-order valence-electron chi connectivity index (χ4n) is 3.01. The van der Waals surface area contributed by atoms with E-state index >= 15 is 0 Å². The normalized spacial score (nSPS) is 18.5. The maximum atomic E-state index is 5.82. The van der Waals surface area contributed by atoms with E-state index in [9.17, 15) is 0 Å². The van der Waals surface area contributed by atoms with Crippen LogP contribution in [0.25, 0.3) is 0 Å². The van der Waals surface area contributed by atoms with E-state index in [0.717, 1.165) is 31.7 Å². The van der Waals surface area contributed by atoms with Crippen LogP contribution in [0.4, 0.5) is 0 Å². The molecule has 1 heterocycles. The molecule has 0 spiro atoms. The molecule has 3 rings (SSSR count). The highest BCUT2D eigenvalue weighted by atomic mass is 16.5. The van der Waals surface area contributed by atoms with Gasteiger partial charge in [0.15, 0.2) is 0 Å². The van der Waals surface area contributed by atoms with Gasteiger partial charge in [0.25, 0.3) is 0 Å². The number of hydrogen-bond donors (Lipinski definition) is 1. The van der Waals surface area contributed by atoms with Crippen molar-refractivity contribution in [3.05, 3.63) is 65.2 Å². The molecular weight excluding hydrogens is 298 g/mol. The molecule has 0 amide bonds. The second-order valence-corrected chi connectivity index (χ2v) is 6.54. The van der Waals surface area contributed by atoms with Crippen molar-refractivity contribution in [3.8, 4) is 5.75 Å². The lowest BCUT2D eigenvalue weighted by molar-refractivity contribution is 0.0679. The minimum atomic E-state index is 0.263. The largest absolute Gasteiger partial charge is 0.491 e. The standard InChI is InChI=1S/C21H27NO2/c1-16-6-3-4-7-19(16)14-22-17(2)18-9-11-20(12-10-18)24-15-21-8-5-13-23-21/h3-4,6-7,9-12,17,21-22H,5,8,13-15H2,1-2H3. The van der Waals surface area contributed by atoms with Crippen molar-refractivity contribution in [3.63, 3.8) is 0 Å². The average molecular weight is 325 g/mol. The summed E-state index contributed by atoms with van der Waals surface area (Å²) < 4.78 is 11.4. The number of aryl methyl sites for hydroxylation is 1. The van der Waals surface area contributed by atoms with Gasteiger partial charge in [0.1, 0.15) is 12.4 Å². The third kappa shape index (κ3) is 4.59. The highest BCUT2D eigenvalue weighted by molar-refractivity contribution is 5.30. The molecule has 2 aromatic rings. The Labute approximate surface area is 145 Å². The summed E-state index contributed by atoms with van der Waals surface area (Å²) in [5.41, 5.74) is 3.95. The second-order valence-electron chi connectivity index (χ2n) is 6.54. The summed E-state index contributed by atoms with van der Waals surface area (Å²) in [6.07, 6.45) is 2.52. The van der Waals surface area contributed by atoms with Gasteiger partial charge in [0.2, 0.25) is 0 Å². The van der Waals surface area contributed by atoms with Crippen LogP contribution in [0, 0.1) is 6.92 Å². The van der Waals surface area contributed by atoms with Crippen molar-refractivity contribution in [1.29, 1.82) is 0 Å². The minimum absolute atomic E-state index is 0.263. The van der Waals surface area contributed by atoms with Crippen LogP contribution >= 0.6 is 0 Å². The fraction of sp³-hybridized carbons (Fsp3) is 0.429. The van der Waals surface area contributed by atoms with E-state index in [2.05, 4.69) is 67.7 Å². The maximum absolute atomic E-state index is 5.82. The Bertz CT molecular complexity index is 633. The van der Waals surface area contributed by atoms with Gasteiger partial charge in [0, 0.05) is 19.2 Å². The smallest absolute Gasteiger partial charge is 0.119 e. The van der Waals surface area contributed by atoms with Crippen LogP contribution in [0.5, 0.6) is 5.75 Å². The second kappa shape index (κ2) is 8.32. The Morgan fingerprint density at radius 1 is 1.17 bits per heavy atom. The molecule has 2 atom stereocenters. The summed E-state index contributed by atoms with van der Waals surface area (Å²) in [7, 11) is 0. The molecule has 1 saturated heterocycles. The summed E-state index contributed by atoms with van der Waals surface area (Å²) in [6, 6.07) is 17.2. The van der Waals surface area contributed by atoms with Crippen LogP contribution in [0.15, 0.2) is 48.5 Å². The van der Waals surface area contributed by atoms with Crippen LogP contribution in [0.2, 0.25) is 0 Å². The van der Waals surface area contributed by atoms with Gasteiger partial charge < -0.3 is 14.8 Å². The monoisotopic (exact) mass is 325 g/mol. The van der Waals surface area contributed by atoms with Crippen molar-refractivity contribution < 1.29 is 9.47 Å². The highest BCUT2D eigenvalue weighted by Crippen LogP contribution is 2.20. The molecule has 3 nitrogen and oxygen atoms in total. The van der Waals surface area contributed by atoms with Crippen LogP contribution < -0.4 is 10.1 Å². The Morgan fingerprint density at radius 3 is 2.67 bits per heavy atom. The quantitative estimate of drug-likeness (QED) is 0.818. The van der Waals surface area contributed by atoms with Crippen LogP contribution in [0.1, 0.15) is 42.5 Å². The first-order chi connectivity index (χ1) is 11.7. The predicted molar refractivity (Wildman–Crippen MR) is 97.3 cm³/mol. The summed E-state index contributed by atoms with van der Waals surface area (Å²) >= 11 is 0. The Morgan fingerprint density at radius 2 is 1.96 bits per heavy atom. The van der Waals surface area contributed by atoms with E-state index in [1.165, 1.54) is 16.7 Å². The number of hydrogen-bond acceptors (Lipinski definition) is 3. The van der Waals surface area contributed by atoms with Gasteiger partial charge >= 0.3 is 0 Å². The predicted octanol–water partition coefficient (Wildman–Crippen LogP) is 4.40. The summed E-state index contributed by atoms with van der Waals surface area (Å²) in [5, 5.41) is 3.59. The zero-order valence-corrected chi connectivity index (χ0v) is 14.6. The van der Waals surface area contributed by atoms with Crippen LogP contribution in [0.3, 0.4) is 0 Å². The lowest BCUT2D eigenvalue weighted by Crippen LogP contribution is -2.19. The topological polar surface area (TPSA) is 30.5 Å². The van der Waals surface area contributed by atoms with Gasteiger partial charge in [-0.25, -0.2) is 0 Å². The van der Waals surface area contributed by atoms with Gasteiger partial charge in [-0.15, -0.1) is 0 Å². The molecule has 0 saturated carbocycles. The minimum Gasteiger partial charge on any atom is -0.491 e. The van der Waals surface area contributed by atoms with E-state index in [0.29, 0.717) is 12.6 Å². The first kappa shape index (κ1) is 17.0. The Hall–Kier alpha value is -1.84. The third-order valence-electron chi connectivity index (χ3n) is 4.70. The number of ether oxygens (including phenoxy) is 2. The molecule has 1 aliphatic heterocycles. The molecule has 1 N–H and O–H groups in total. The first-order valence-electron chi connectivity index (χ1n) is 8.84. The fourth-order valence-corrected chi connectivity index (χ4v) is 3.01. The molecular formula is C21H27NO2. The molecule has 1 aliphatic rings. The number of benzene rings is 2. The first-order valence-corrected chi connectivity index (χ1v) is 8.84. The van der Waals surface area contributed by atoms with E-state index < -0.39 is 0 Å². The van der Waals surface area contributed by atoms with Gasteiger partial charge in [-0.1, -0.05) is 36.4 Å². The maximum Gasteiger partial charge on any atom is 0.119 e. The zero-order valence-electron chi connectivity index (χ0n) is 14.6. The van der Waals surface area contributed by atoms with Crippen molar-refractivity contribution in [2.75, 3.05) is 13.2 Å². The van der Waals surface area contributed by atoms with Crippen molar-refractivity contribution >= 4 is 0 Å². The summed E-state index contributed by atoms with van der Waals surface area (Å²) in [4.78, 5) is 0. The zero-order chi connectivity index (χ0) is 16.8. The van der Waals surface area contributed by atoms with Crippen LogP contribution in [-0.2, 0) is 11.3 Å². The van der Waals surface area contributed by atoms with E-state index in [4.69, 9.17) is 9.47 Å². The molecule has 0 aromatic heterocycles. The molecule has 24 heavy (non-hydrogen) atoms. The third-order valence-corrected chi connectivity index (χ3v) is 4.70. The van der Waals surface area contributed by atoms with E-state index in [1.807, 2.05) is 0 Å². The van der Waals surface area contributed by atoms with Crippen LogP contribution in [-0.4, -0.2) is 19.3 Å². The molecule has 2 aromatic carbocycles. The molecule has 0 bridgehead atoms. The SMILES string of the molecule is Cc1ccccc1CNC(C)c1ccc(OCC2CCCO2)cc1. The number of nitrogens with one attached hydrogen (secondary N) is 1. The molecule has 0 aliphatic carbocycles. The van der Waals surface area contributed by atoms with Crippen molar-refractivity contribution in [2.45, 2.75) is 45.4 Å². The molecule has 3 heteroatoms. The summed E-state index contributed by atoms with van der Waals surface area (Å²) in [6.45, 7) is 6.75. The van der Waals surface area contributed by atoms with Crippen molar-refractivity contribution in [2.24, 2.45) is 0 Å². The van der Waals surface area contributed by atoms with Crippen molar-refractivity contribution in [1.82, 2.24) is 5.32 Å². The van der Waals surface area contributed by atoms with Gasteiger partial charge in [0.05, 0.1) is 6.10 Å². The molecule has 128 valence electrons. The summed E-state index contributed by atoms with van der Waals surface area (Å²) in [5.74, 6) is 0.917. The highest BCUT2D eigenvalue weighted by Gasteiger charge is 2.16. The van der Waals surface area contributed by atoms with Gasteiger partial charge in [-0.05, 0) is 55.5 Å². The molecule has 2 unspecified atom stereocenters. The number of rotatable bonds is 7.